The molecule has 0 atom stereocenters. The average molecular weight is 535 g/mol. The van der Waals surface area contributed by atoms with E-state index in [1.807, 2.05) is 24.3 Å². The van der Waals surface area contributed by atoms with E-state index in [-0.39, 0.29) is 30.7 Å². The largest absolute Gasteiger partial charge is 0.490 e. The molecule has 190 valence electrons. The lowest BCUT2D eigenvalue weighted by atomic mass is 9.98. The van der Waals surface area contributed by atoms with E-state index < -0.39 is 17.6 Å². The first-order valence-corrected chi connectivity index (χ1v) is 12.9. The molecule has 1 heterocycles. The molecular formula is C26H25F3N2O3S2. The lowest BCUT2D eigenvalue weighted by Crippen LogP contribution is -2.31. The molecule has 5 nitrogen and oxygen atoms in total. The topological polar surface area (TPSA) is 58.6 Å². The van der Waals surface area contributed by atoms with Crippen LogP contribution in [0, 0.1) is 0 Å². The zero-order valence-corrected chi connectivity index (χ0v) is 21.0. The molecule has 1 N–H and O–H groups in total. The van der Waals surface area contributed by atoms with E-state index in [0.717, 1.165) is 48.0 Å². The summed E-state index contributed by atoms with van der Waals surface area (Å²) < 4.78 is 45.0. The number of anilines is 1. The molecule has 0 unspecified atom stereocenters. The summed E-state index contributed by atoms with van der Waals surface area (Å²) in [6.07, 6.45) is 3.18. The van der Waals surface area contributed by atoms with Gasteiger partial charge in [-0.05, 0) is 67.7 Å². The zero-order valence-electron chi connectivity index (χ0n) is 19.3. The maximum atomic E-state index is 12.9. The van der Waals surface area contributed by atoms with Crippen LogP contribution in [-0.2, 0) is 15.8 Å². The minimum absolute atomic E-state index is 0.0287. The van der Waals surface area contributed by atoms with Crippen molar-refractivity contribution in [3.8, 4) is 5.75 Å². The molecule has 4 rings (SSSR count). The summed E-state index contributed by atoms with van der Waals surface area (Å²) in [7, 11) is 0. The molecule has 1 saturated heterocycles. The summed E-state index contributed by atoms with van der Waals surface area (Å²) in [5, 5.41) is 2.44. The van der Waals surface area contributed by atoms with Crippen molar-refractivity contribution in [1.29, 1.82) is 0 Å². The third-order valence-electron chi connectivity index (χ3n) is 5.94. The van der Waals surface area contributed by atoms with Crippen LogP contribution < -0.4 is 10.1 Å². The predicted molar refractivity (Wildman–Crippen MR) is 139 cm³/mol. The average Bonchev–Trinajstić information content (AvgIpc) is 3.11. The van der Waals surface area contributed by atoms with Gasteiger partial charge in [0, 0.05) is 18.7 Å². The first kappa shape index (κ1) is 26.2. The van der Waals surface area contributed by atoms with Crippen LogP contribution >= 0.6 is 24.0 Å². The standard InChI is InChI=1S/C26H25F3N2O3S2/c27-26(28,29)18-5-4-6-19(16-18)30-23(32)13-14-31-24(33)22(36-25(31)35)15-17-9-11-21(12-10-17)34-20-7-2-1-3-8-20/h4-6,9-12,15-16,20H,1-3,7-8,13-14H2,(H,30,32)/b22-15-. The van der Waals surface area contributed by atoms with Gasteiger partial charge >= 0.3 is 6.18 Å². The molecule has 1 saturated carbocycles. The van der Waals surface area contributed by atoms with E-state index in [4.69, 9.17) is 17.0 Å². The molecule has 0 radical (unpaired) electrons. The Hall–Kier alpha value is -2.85. The van der Waals surface area contributed by atoms with Crippen molar-refractivity contribution in [1.82, 2.24) is 4.90 Å². The summed E-state index contributed by atoms with van der Waals surface area (Å²) in [4.78, 5) is 26.9. The summed E-state index contributed by atoms with van der Waals surface area (Å²) >= 11 is 6.46. The highest BCUT2D eigenvalue weighted by molar-refractivity contribution is 8.26. The van der Waals surface area contributed by atoms with Crippen molar-refractivity contribution in [3.05, 3.63) is 64.6 Å². The van der Waals surface area contributed by atoms with Gasteiger partial charge in [0.15, 0.2) is 0 Å². The number of thioether (sulfide) groups is 1. The number of benzene rings is 2. The number of rotatable bonds is 7. The number of ether oxygens (including phenoxy) is 1. The minimum atomic E-state index is -4.50. The molecular weight excluding hydrogens is 509 g/mol. The molecule has 2 amide bonds. The quantitative estimate of drug-likeness (QED) is 0.319. The third kappa shape index (κ3) is 6.88. The van der Waals surface area contributed by atoms with Gasteiger partial charge in [-0.25, -0.2) is 0 Å². The van der Waals surface area contributed by atoms with Crippen molar-refractivity contribution in [2.75, 3.05) is 11.9 Å². The van der Waals surface area contributed by atoms with E-state index >= 15 is 0 Å². The van der Waals surface area contributed by atoms with Gasteiger partial charge in [-0.2, -0.15) is 13.2 Å². The van der Waals surface area contributed by atoms with Gasteiger partial charge in [0.1, 0.15) is 10.1 Å². The van der Waals surface area contributed by atoms with E-state index in [2.05, 4.69) is 5.32 Å². The second-order valence-electron chi connectivity index (χ2n) is 8.66. The summed E-state index contributed by atoms with van der Waals surface area (Å²) in [5.74, 6) is -0.0151. The van der Waals surface area contributed by atoms with Gasteiger partial charge in [-0.15, -0.1) is 0 Å². The highest BCUT2D eigenvalue weighted by atomic mass is 32.2. The van der Waals surface area contributed by atoms with Gasteiger partial charge in [-0.1, -0.05) is 48.6 Å². The molecule has 36 heavy (non-hydrogen) atoms. The number of nitrogens with one attached hydrogen (secondary N) is 1. The monoisotopic (exact) mass is 534 g/mol. The van der Waals surface area contributed by atoms with Crippen LogP contribution in [0.25, 0.3) is 6.08 Å². The van der Waals surface area contributed by atoms with E-state index in [9.17, 15) is 22.8 Å². The molecule has 0 spiro atoms. The minimum Gasteiger partial charge on any atom is -0.490 e. The zero-order chi connectivity index (χ0) is 25.7. The molecule has 2 fully saturated rings. The highest BCUT2D eigenvalue weighted by Crippen LogP contribution is 2.33. The Balaban J connectivity index is 1.31. The van der Waals surface area contributed by atoms with Crippen molar-refractivity contribution in [3.63, 3.8) is 0 Å². The van der Waals surface area contributed by atoms with Crippen molar-refractivity contribution < 1.29 is 27.5 Å². The maximum absolute atomic E-state index is 12.9. The Morgan fingerprint density at radius 3 is 2.56 bits per heavy atom. The Bertz CT molecular complexity index is 1160. The predicted octanol–water partition coefficient (Wildman–Crippen LogP) is 6.65. The molecule has 0 bridgehead atoms. The molecule has 0 aromatic heterocycles. The van der Waals surface area contributed by atoms with Gasteiger partial charge in [0.25, 0.3) is 5.91 Å². The van der Waals surface area contributed by atoms with E-state index in [0.29, 0.717) is 9.23 Å². The number of nitrogens with zero attached hydrogens (tertiary/aromatic N) is 1. The molecule has 2 aromatic rings. The number of carbonyl (C=O) groups is 2. The van der Waals surface area contributed by atoms with Gasteiger partial charge in [0.05, 0.1) is 16.6 Å². The first-order valence-electron chi connectivity index (χ1n) is 11.7. The van der Waals surface area contributed by atoms with Crippen LogP contribution in [0.5, 0.6) is 5.75 Å². The molecule has 10 heteroatoms. The Labute approximate surface area is 217 Å². The fraction of sp³-hybridized carbons (Fsp3) is 0.346. The number of alkyl halides is 3. The van der Waals surface area contributed by atoms with Crippen LogP contribution in [0.1, 0.15) is 49.7 Å². The molecule has 1 aliphatic carbocycles. The molecule has 2 aliphatic rings. The van der Waals surface area contributed by atoms with Crippen molar-refractivity contribution in [2.24, 2.45) is 0 Å². The van der Waals surface area contributed by atoms with Gasteiger partial charge < -0.3 is 10.1 Å². The SMILES string of the molecule is O=C(CCN1C(=O)/C(=C/c2ccc(OC3CCCCC3)cc2)SC1=S)Nc1cccc(C(F)(F)F)c1. The Morgan fingerprint density at radius 1 is 1.14 bits per heavy atom. The highest BCUT2D eigenvalue weighted by Gasteiger charge is 2.32. The third-order valence-corrected chi connectivity index (χ3v) is 7.32. The number of hydrogen-bond donors (Lipinski definition) is 1. The van der Waals surface area contributed by atoms with Crippen LogP contribution in [0.15, 0.2) is 53.4 Å². The number of carbonyl (C=O) groups excluding carboxylic acids is 2. The second kappa shape index (κ2) is 11.5. The molecule has 2 aromatic carbocycles. The first-order chi connectivity index (χ1) is 17.2. The summed E-state index contributed by atoms with van der Waals surface area (Å²) in [6.45, 7) is 0.0287. The lowest BCUT2D eigenvalue weighted by molar-refractivity contribution is -0.137. The van der Waals surface area contributed by atoms with Gasteiger partial charge in [0.2, 0.25) is 5.91 Å². The number of halogens is 3. The maximum Gasteiger partial charge on any atom is 0.416 e. The Morgan fingerprint density at radius 2 is 1.86 bits per heavy atom. The summed E-state index contributed by atoms with van der Waals surface area (Å²) in [5.41, 5.74) is 0.0146. The van der Waals surface area contributed by atoms with E-state index in [1.165, 1.54) is 36.3 Å². The molecule has 1 aliphatic heterocycles. The summed E-state index contributed by atoms with van der Waals surface area (Å²) in [6, 6.07) is 11.9. The second-order valence-corrected chi connectivity index (χ2v) is 10.3. The van der Waals surface area contributed by atoms with Crippen LogP contribution in [0.2, 0.25) is 0 Å². The fourth-order valence-corrected chi connectivity index (χ4v) is 5.38. The van der Waals surface area contributed by atoms with E-state index in [1.54, 1.807) is 6.08 Å². The number of thiocarbonyl (C=S) groups is 1. The van der Waals surface area contributed by atoms with Crippen LogP contribution in [-0.4, -0.2) is 33.7 Å². The number of amides is 2. The van der Waals surface area contributed by atoms with Crippen LogP contribution in [0.4, 0.5) is 18.9 Å². The van der Waals surface area contributed by atoms with Crippen molar-refractivity contribution in [2.45, 2.75) is 50.8 Å². The normalized spacial score (nSPS) is 18.1. The van der Waals surface area contributed by atoms with Gasteiger partial charge in [-0.3, -0.25) is 14.5 Å². The lowest BCUT2D eigenvalue weighted by Gasteiger charge is -2.22. The smallest absolute Gasteiger partial charge is 0.416 e. The number of hydrogen-bond acceptors (Lipinski definition) is 5. The van der Waals surface area contributed by atoms with Crippen LogP contribution in [0.3, 0.4) is 0 Å². The fourth-order valence-electron chi connectivity index (χ4n) is 4.07. The Kier molecular flexibility index (Phi) is 8.35. The van der Waals surface area contributed by atoms with Crippen molar-refractivity contribution >= 4 is 51.9 Å².